The zero-order valence-electron chi connectivity index (χ0n) is 14.6. The zero-order valence-corrected chi connectivity index (χ0v) is 15.3. The van der Waals surface area contributed by atoms with E-state index in [0.717, 1.165) is 5.56 Å². The van der Waals surface area contributed by atoms with Crippen molar-refractivity contribution in [3.05, 3.63) is 58.8 Å². The second-order valence-electron chi connectivity index (χ2n) is 5.32. The molecule has 0 aromatic heterocycles. The van der Waals surface area contributed by atoms with Crippen LogP contribution in [0.4, 0.5) is 11.4 Å². The topological polar surface area (TPSA) is 83.4 Å². The van der Waals surface area contributed by atoms with Crippen molar-refractivity contribution >= 4 is 28.9 Å². The maximum absolute atomic E-state index is 12.4. The van der Waals surface area contributed by atoms with Crippen molar-refractivity contribution < 1.29 is 14.3 Å². The van der Waals surface area contributed by atoms with Crippen LogP contribution in [-0.4, -0.2) is 20.1 Å². The molecule has 26 heavy (non-hydrogen) atoms. The highest BCUT2D eigenvalue weighted by Crippen LogP contribution is 2.28. The molecule has 0 radical (unpaired) electrons. The molecular formula is C19H18ClN3O3. The van der Waals surface area contributed by atoms with E-state index in [1.165, 1.54) is 13.3 Å². The Bertz CT molecular complexity index is 888. The minimum atomic E-state index is -0.591. The van der Waals surface area contributed by atoms with E-state index < -0.39 is 5.91 Å². The van der Waals surface area contributed by atoms with Crippen molar-refractivity contribution in [1.29, 1.82) is 5.26 Å². The van der Waals surface area contributed by atoms with Crippen LogP contribution in [0.2, 0.25) is 5.02 Å². The maximum atomic E-state index is 12.4. The zero-order chi connectivity index (χ0) is 19.1. The van der Waals surface area contributed by atoms with Gasteiger partial charge >= 0.3 is 0 Å². The van der Waals surface area contributed by atoms with E-state index in [-0.39, 0.29) is 5.57 Å². The van der Waals surface area contributed by atoms with Crippen LogP contribution in [0.15, 0.2) is 48.2 Å². The summed E-state index contributed by atoms with van der Waals surface area (Å²) in [6, 6.07) is 12.2. The Kier molecular flexibility index (Phi) is 6.48. The van der Waals surface area contributed by atoms with Gasteiger partial charge in [-0.05, 0) is 42.8 Å². The fourth-order valence-electron chi connectivity index (χ4n) is 2.20. The standard InChI is InChI=1S/C19H18ClN3O3/c1-12-4-6-17(25-2)15(8-12)22-11-13(10-21)19(24)23-16-9-14(20)5-7-18(16)26-3/h4-9,11,22H,1-3H3,(H,23,24)/b13-11-. The summed E-state index contributed by atoms with van der Waals surface area (Å²) in [5.74, 6) is 0.446. The number of ether oxygens (including phenoxy) is 2. The summed E-state index contributed by atoms with van der Waals surface area (Å²) in [6.45, 7) is 1.93. The number of benzene rings is 2. The molecule has 0 spiro atoms. The average Bonchev–Trinajstić information content (AvgIpc) is 2.62. The van der Waals surface area contributed by atoms with Crippen LogP contribution in [0.25, 0.3) is 0 Å². The number of nitrogens with zero attached hydrogens (tertiary/aromatic N) is 1. The number of rotatable bonds is 6. The van der Waals surface area contributed by atoms with Crippen molar-refractivity contribution in [1.82, 2.24) is 0 Å². The molecule has 0 aliphatic rings. The molecule has 0 fully saturated rings. The molecule has 2 aromatic rings. The van der Waals surface area contributed by atoms with Crippen LogP contribution in [-0.2, 0) is 4.79 Å². The van der Waals surface area contributed by atoms with Gasteiger partial charge in [0.05, 0.1) is 25.6 Å². The molecule has 7 heteroatoms. The molecule has 134 valence electrons. The van der Waals surface area contributed by atoms with Crippen molar-refractivity contribution in [2.24, 2.45) is 0 Å². The molecule has 2 N–H and O–H groups in total. The Balaban J connectivity index is 2.22. The van der Waals surface area contributed by atoms with Crippen LogP contribution >= 0.6 is 11.6 Å². The lowest BCUT2D eigenvalue weighted by Gasteiger charge is -2.11. The molecule has 0 atom stereocenters. The van der Waals surface area contributed by atoms with Gasteiger partial charge in [-0.2, -0.15) is 5.26 Å². The summed E-state index contributed by atoms with van der Waals surface area (Å²) in [6.07, 6.45) is 1.32. The summed E-state index contributed by atoms with van der Waals surface area (Å²) < 4.78 is 10.4. The molecule has 0 heterocycles. The molecule has 0 unspecified atom stereocenters. The van der Waals surface area contributed by atoms with Gasteiger partial charge in [0.25, 0.3) is 5.91 Å². The molecule has 1 amide bonds. The minimum Gasteiger partial charge on any atom is -0.495 e. The predicted molar refractivity (Wildman–Crippen MR) is 102 cm³/mol. The Morgan fingerprint density at radius 2 is 1.77 bits per heavy atom. The van der Waals surface area contributed by atoms with Gasteiger partial charge in [-0.1, -0.05) is 17.7 Å². The van der Waals surface area contributed by atoms with E-state index in [2.05, 4.69) is 10.6 Å². The fraction of sp³-hybridized carbons (Fsp3) is 0.158. The summed E-state index contributed by atoms with van der Waals surface area (Å²) in [4.78, 5) is 12.4. The molecular weight excluding hydrogens is 354 g/mol. The van der Waals surface area contributed by atoms with Gasteiger partial charge in [-0.25, -0.2) is 0 Å². The van der Waals surface area contributed by atoms with Crippen molar-refractivity contribution in [3.63, 3.8) is 0 Å². The number of nitrogens with one attached hydrogen (secondary N) is 2. The third-order valence-electron chi connectivity index (χ3n) is 3.50. The number of hydrogen-bond acceptors (Lipinski definition) is 5. The molecule has 6 nitrogen and oxygen atoms in total. The number of amides is 1. The summed E-state index contributed by atoms with van der Waals surface area (Å²) in [7, 11) is 3.02. The number of hydrogen-bond donors (Lipinski definition) is 2. The molecule has 0 aliphatic heterocycles. The largest absolute Gasteiger partial charge is 0.495 e. The second kappa shape index (κ2) is 8.79. The van der Waals surface area contributed by atoms with Gasteiger partial charge in [0, 0.05) is 11.2 Å². The first-order valence-corrected chi connectivity index (χ1v) is 8.02. The molecule has 2 aromatic carbocycles. The molecule has 0 aliphatic carbocycles. The Morgan fingerprint density at radius 1 is 1.12 bits per heavy atom. The molecule has 0 bridgehead atoms. The highest BCUT2D eigenvalue weighted by Gasteiger charge is 2.13. The molecule has 0 saturated heterocycles. The van der Waals surface area contributed by atoms with Gasteiger partial charge in [0.2, 0.25) is 0 Å². The monoisotopic (exact) mass is 371 g/mol. The van der Waals surface area contributed by atoms with Gasteiger partial charge < -0.3 is 20.1 Å². The van der Waals surface area contributed by atoms with E-state index in [1.807, 2.05) is 25.1 Å². The van der Waals surface area contributed by atoms with Crippen LogP contribution < -0.4 is 20.1 Å². The van der Waals surface area contributed by atoms with E-state index in [1.54, 1.807) is 31.4 Å². The normalized spacial score (nSPS) is 10.7. The van der Waals surface area contributed by atoms with E-state index in [9.17, 15) is 10.1 Å². The quantitative estimate of drug-likeness (QED) is 0.589. The van der Waals surface area contributed by atoms with Crippen LogP contribution in [0.1, 0.15) is 5.56 Å². The number of methoxy groups -OCH3 is 2. The fourth-order valence-corrected chi connectivity index (χ4v) is 2.37. The molecule has 0 saturated carbocycles. The number of halogens is 1. The number of aryl methyl sites for hydroxylation is 1. The lowest BCUT2D eigenvalue weighted by Crippen LogP contribution is -2.15. The predicted octanol–water partition coefficient (Wildman–Crippen LogP) is 4.12. The Morgan fingerprint density at radius 3 is 2.42 bits per heavy atom. The van der Waals surface area contributed by atoms with Gasteiger partial charge in [0.1, 0.15) is 23.1 Å². The van der Waals surface area contributed by atoms with Crippen molar-refractivity contribution in [3.8, 4) is 17.6 Å². The van der Waals surface area contributed by atoms with Crippen molar-refractivity contribution in [2.75, 3.05) is 24.9 Å². The van der Waals surface area contributed by atoms with Gasteiger partial charge in [0.15, 0.2) is 0 Å². The van der Waals surface area contributed by atoms with E-state index in [4.69, 9.17) is 21.1 Å². The SMILES string of the molecule is COc1ccc(C)cc1N/C=C(/C#N)C(=O)Nc1cc(Cl)ccc1OC. The first-order valence-electron chi connectivity index (χ1n) is 7.64. The van der Waals surface area contributed by atoms with E-state index >= 15 is 0 Å². The van der Waals surface area contributed by atoms with Crippen molar-refractivity contribution in [2.45, 2.75) is 6.92 Å². The number of carbonyl (C=O) groups excluding carboxylic acids is 1. The van der Waals surface area contributed by atoms with E-state index in [0.29, 0.717) is 27.9 Å². The highest BCUT2D eigenvalue weighted by atomic mass is 35.5. The third kappa shape index (κ3) is 4.68. The minimum absolute atomic E-state index is 0.115. The highest BCUT2D eigenvalue weighted by molar-refractivity contribution is 6.31. The first kappa shape index (κ1) is 19.2. The first-order chi connectivity index (χ1) is 12.5. The third-order valence-corrected chi connectivity index (χ3v) is 3.74. The van der Waals surface area contributed by atoms with Crippen LogP contribution in [0.5, 0.6) is 11.5 Å². The second-order valence-corrected chi connectivity index (χ2v) is 5.75. The number of carbonyl (C=O) groups is 1. The Labute approximate surface area is 157 Å². The summed E-state index contributed by atoms with van der Waals surface area (Å²) >= 11 is 5.95. The Hall–Kier alpha value is -3.17. The van der Waals surface area contributed by atoms with Crippen LogP contribution in [0, 0.1) is 18.3 Å². The van der Waals surface area contributed by atoms with Crippen LogP contribution in [0.3, 0.4) is 0 Å². The lowest BCUT2D eigenvalue weighted by atomic mass is 10.2. The van der Waals surface area contributed by atoms with Gasteiger partial charge in [-0.3, -0.25) is 4.79 Å². The lowest BCUT2D eigenvalue weighted by molar-refractivity contribution is -0.112. The number of anilines is 2. The summed E-state index contributed by atoms with van der Waals surface area (Å²) in [5, 5.41) is 15.3. The maximum Gasteiger partial charge on any atom is 0.267 e. The molecule has 2 rings (SSSR count). The smallest absolute Gasteiger partial charge is 0.267 e. The number of nitriles is 1. The summed E-state index contributed by atoms with van der Waals surface area (Å²) in [5.41, 5.74) is 1.91. The van der Waals surface area contributed by atoms with Gasteiger partial charge in [-0.15, -0.1) is 0 Å². The average molecular weight is 372 g/mol.